The van der Waals surface area contributed by atoms with Crippen LogP contribution in [0, 0.1) is 5.92 Å². The van der Waals surface area contributed by atoms with Crippen LogP contribution in [0.25, 0.3) is 0 Å². The molecular weight excluding hydrogens is 168 g/mol. The molecule has 0 radical (unpaired) electrons. The Morgan fingerprint density at radius 3 is 2.31 bits per heavy atom. The Balaban J connectivity index is 2.64. The minimum atomic E-state index is -0.851. The lowest BCUT2D eigenvalue weighted by Crippen LogP contribution is -2.47. The summed E-state index contributed by atoms with van der Waals surface area (Å²) < 4.78 is 0. The van der Waals surface area contributed by atoms with Crippen molar-refractivity contribution in [2.75, 3.05) is 0 Å². The van der Waals surface area contributed by atoms with E-state index in [1.165, 1.54) is 0 Å². The molecule has 0 amide bonds. The standard InChI is InChI=1S/C10H20O3/c1-9(2,12)7-4-5-10(3,13)6-8(7)11/h7-8,11-13H,4-6H2,1-3H3/t7-,8-,10+/m0/s1. The second-order valence-electron chi connectivity index (χ2n) is 5.07. The SMILES string of the molecule is CC(C)(O)[C@H]1CC[C@@](C)(O)C[C@@H]1O. The smallest absolute Gasteiger partial charge is 0.0644 e. The Labute approximate surface area is 79.4 Å². The molecule has 1 aliphatic rings. The van der Waals surface area contributed by atoms with E-state index in [0.717, 1.165) is 0 Å². The second-order valence-corrected chi connectivity index (χ2v) is 5.07. The highest BCUT2D eigenvalue weighted by atomic mass is 16.3. The summed E-state index contributed by atoms with van der Waals surface area (Å²) in [4.78, 5) is 0. The fourth-order valence-corrected chi connectivity index (χ4v) is 2.18. The van der Waals surface area contributed by atoms with Crippen molar-refractivity contribution in [3.63, 3.8) is 0 Å². The molecule has 0 aromatic carbocycles. The lowest BCUT2D eigenvalue weighted by molar-refractivity contribution is -0.115. The summed E-state index contributed by atoms with van der Waals surface area (Å²) in [6.45, 7) is 5.15. The van der Waals surface area contributed by atoms with Gasteiger partial charge in [-0.25, -0.2) is 0 Å². The summed E-state index contributed by atoms with van der Waals surface area (Å²) in [5.74, 6) is -0.118. The van der Waals surface area contributed by atoms with Gasteiger partial charge in [-0.2, -0.15) is 0 Å². The number of aliphatic hydroxyl groups is 3. The van der Waals surface area contributed by atoms with Crippen molar-refractivity contribution < 1.29 is 15.3 Å². The molecular formula is C10H20O3. The van der Waals surface area contributed by atoms with Crippen molar-refractivity contribution in [1.29, 1.82) is 0 Å². The van der Waals surface area contributed by atoms with Gasteiger partial charge < -0.3 is 15.3 Å². The first-order valence-electron chi connectivity index (χ1n) is 4.85. The normalized spacial score (nSPS) is 42.0. The average Bonchev–Trinajstić information content (AvgIpc) is 1.80. The molecule has 3 N–H and O–H groups in total. The Bertz CT molecular complexity index is 181. The molecule has 3 atom stereocenters. The van der Waals surface area contributed by atoms with Gasteiger partial charge in [-0.15, -0.1) is 0 Å². The van der Waals surface area contributed by atoms with Crippen LogP contribution in [0.3, 0.4) is 0 Å². The third-order valence-electron chi connectivity index (χ3n) is 3.01. The van der Waals surface area contributed by atoms with Crippen LogP contribution in [0.4, 0.5) is 0 Å². The van der Waals surface area contributed by atoms with Gasteiger partial charge in [0.15, 0.2) is 0 Å². The van der Waals surface area contributed by atoms with Crippen molar-refractivity contribution in [2.45, 2.75) is 57.3 Å². The molecule has 13 heavy (non-hydrogen) atoms. The van der Waals surface area contributed by atoms with Crippen LogP contribution in [-0.2, 0) is 0 Å². The first kappa shape index (κ1) is 11.0. The average molecular weight is 188 g/mol. The van der Waals surface area contributed by atoms with Crippen molar-refractivity contribution in [3.05, 3.63) is 0 Å². The molecule has 0 aromatic heterocycles. The molecule has 1 fully saturated rings. The summed E-state index contributed by atoms with van der Waals surface area (Å²) in [5, 5.41) is 29.1. The molecule has 1 saturated carbocycles. The molecule has 1 rings (SSSR count). The van der Waals surface area contributed by atoms with Crippen molar-refractivity contribution in [1.82, 2.24) is 0 Å². The molecule has 3 nitrogen and oxygen atoms in total. The fourth-order valence-electron chi connectivity index (χ4n) is 2.18. The molecule has 0 unspecified atom stereocenters. The number of hydrogen-bond acceptors (Lipinski definition) is 3. The Morgan fingerprint density at radius 2 is 1.92 bits per heavy atom. The largest absolute Gasteiger partial charge is 0.393 e. The zero-order valence-corrected chi connectivity index (χ0v) is 8.62. The van der Waals surface area contributed by atoms with Crippen LogP contribution in [0.2, 0.25) is 0 Å². The lowest BCUT2D eigenvalue weighted by Gasteiger charge is -2.42. The summed E-state index contributed by atoms with van der Waals surface area (Å²) in [5.41, 5.74) is -1.61. The topological polar surface area (TPSA) is 60.7 Å². The molecule has 0 saturated heterocycles. The van der Waals surface area contributed by atoms with E-state index in [4.69, 9.17) is 0 Å². The highest BCUT2D eigenvalue weighted by Crippen LogP contribution is 2.37. The van der Waals surface area contributed by atoms with Crippen molar-refractivity contribution >= 4 is 0 Å². The van der Waals surface area contributed by atoms with E-state index in [9.17, 15) is 15.3 Å². The van der Waals surface area contributed by atoms with Gasteiger partial charge in [0.25, 0.3) is 0 Å². The van der Waals surface area contributed by atoms with Crippen LogP contribution in [-0.4, -0.2) is 32.6 Å². The van der Waals surface area contributed by atoms with Crippen LogP contribution in [0.15, 0.2) is 0 Å². The van der Waals surface area contributed by atoms with Gasteiger partial charge in [0.1, 0.15) is 0 Å². The zero-order chi connectivity index (χ0) is 10.3. The third-order valence-corrected chi connectivity index (χ3v) is 3.01. The van der Waals surface area contributed by atoms with Crippen LogP contribution in [0.1, 0.15) is 40.0 Å². The Hall–Kier alpha value is -0.120. The van der Waals surface area contributed by atoms with Gasteiger partial charge in [0.2, 0.25) is 0 Å². The number of hydrogen-bond donors (Lipinski definition) is 3. The molecule has 0 bridgehead atoms. The maximum atomic E-state index is 9.74. The fraction of sp³-hybridized carbons (Fsp3) is 1.00. The van der Waals surface area contributed by atoms with Crippen molar-refractivity contribution in [2.24, 2.45) is 5.92 Å². The summed E-state index contributed by atoms with van der Waals surface area (Å²) >= 11 is 0. The second kappa shape index (κ2) is 3.23. The first-order valence-corrected chi connectivity index (χ1v) is 4.85. The Kier molecular flexibility index (Phi) is 2.72. The van der Waals surface area contributed by atoms with E-state index < -0.39 is 17.3 Å². The van der Waals surface area contributed by atoms with Gasteiger partial charge in [-0.3, -0.25) is 0 Å². The predicted molar refractivity (Wildman–Crippen MR) is 50.3 cm³/mol. The van der Waals surface area contributed by atoms with E-state index >= 15 is 0 Å². The minimum Gasteiger partial charge on any atom is -0.393 e. The summed E-state index contributed by atoms with van der Waals surface area (Å²) in [6.07, 6.45) is 1.10. The molecule has 3 heteroatoms. The molecule has 0 heterocycles. The van der Waals surface area contributed by atoms with Gasteiger partial charge in [0.05, 0.1) is 17.3 Å². The summed E-state index contributed by atoms with van der Waals surface area (Å²) in [7, 11) is 0. The Morgan fingerprint density at radius 1 is 1.38 bits per heavy atom. The monoisotopic (exact) mass is 188 g/mol. The van der Waals surface area contributed by atoms with Crippen LogP contribution >= 0.6 is 0 Å². The van der Waals surface area contributed by atoms with E-state index in [0.29, 0.717) is 19.3 Å². The van der Waals surface area contributed by atoms with Gasteiger partial charge in [-0.1, -0.05) is 0 Å². The highest BCUT2D eigenvalue weighted by molar-refractivity contribution is 4.93. The molecule has 78 valence electrons. The van der Waals surface area contributed by atoms with Gasteiger partial charge in [0, 0.05) is 12.3 Å². The molecule has 0 spiro atoms. The molecule has 0 aliphatic heterocycles. The van der Waals surface area contributed by atoms with E-state index in [-0.39, 0.29) is 5.92 Å². The van der Waals surface area contributed by atoms with Gasteiger partial charge in [-0.05, 0) is 33.6 Å². The highest BCUT2D eigenvalue weighted by Gasteiger charge is 2.41. The lowest BCUT2D eigenvalue weighted by atomic mass is 9.71. The van der Waals surface area contributed by atoms with Crippen LogP contribution in [0.5, 0.6) is 0 Å². The molecule has 0 aromatic rings. The number of rotatable bonds is 1. The van der Waals surface area contributed by atoms with E-state index in [2.05, 4.69) is 0 Å². The maximum absolute atomic E-state index is 9.74. The van der Waals surface area contributed by atoms with E-state index in [1.807, 2.05) is 0 Å². The van der Waals surface area contributed by atoms with E-state index in [1.54, 1.807) is 20.8 Å². The van der Waals surface area contributed by atoms with Crippen LogP contribution < -0.4 is 0 Å². The zero-order valence-electron chi connectivity index (χ0n) is 8.62. The maximum Gasteiger partial charge on any atom is 0.0644 e. The molecule has 1 aliphatic carbocycles. The first-order chi connectivity index (χ1) is 5.72. The van der Waals surface area contributed by atoms with Crippen molar-refractivity contribution in [3.8, 4) is 0 Å². The number of aliphatic hydroxyl groups excluding tert-OH is 1. The minimum absolute atomic E-state index is 0.118. The predicted octanol–water partition coefficient (Wildman–Crippen LogP) is 0.669. The van der Waals surface area contributed by atoms with Gasteiger partial charge >= 0.3 is 0 Å². The quantitative estimate of drug-likeness (QED) is 0.567. The third kappa shape index (κ3) is 2.66. The summed E-state index contributed by atoms with van der Waals surface area (Å²) in [6, 6.07) is 0.